The van der Waals surface area contributed by atoms with E-state index >= 15 is 0 Å². The Hall–Kier alpha value is -3.81. The van der Waals surface area contributed by atoms with Gasteiger partial charge in [-0.2, -0.15) is 0 Å². The van der Waals surface area contributed by atoms with E-state index in [4.69, 9.17) is 5.73 Å². The van der Waals surface area contributed by atoms with Gasteiger partial charge in [-0.15, -0.1) is 0 Å². The summed E-state index contributed by atoms with van der Waals surface area (Å²) in [5.41, 5.74) is 9.75. The predicted molar refractivity (Wildman–Crippen MR) is 98.5 cm³/mol. The molecule has 0 saturated carbocycles. The first-order valence-electron chi connectivity index (χ1n) is 7.91. The second-order valence-corrected chi connectivity index (χ2v) is 5.79. The molecule has 0 aliphatic rings. The van der Waals surface area contributed by atoms with Gasteiger partial charge in [0, 0.05) is 6.20 Å². The number of pyridine rings is 1. The number of rotatable bonds is 3. The van der Waals surface area contributed by atoms with Crippen LogP contribution in [0, 0.1) is 6.92 Å². The number of benzene rings is 1. The highest BCUT2D eigenvalue weighted by atomic mass is 16.1. The number of amides is 1. The fraction of sp³-hybridized carbons (Fsp3) is 0.0556. The van der Waals surface area contributed by atoms with Crippen molar-refractivity contribution in [2.75, 3.05) is 11.1 Å². The van der Waals surface area contributed by atoms with Gasteiger partial charge in [0.15, 0.2) is 11.6 Å². The van der Waals surface area contributed by atoms with Crippen molar-refractivity contribution in [3.8, 4) is 11.5 Å². The van der Waals surface area contributed by atoms with Gasteiger partial charge in [-0.05, 0) is 36.8 Å². The molecule has 0 aliphatic heterocycles. The van der Waals surface area contributed by atoms with Crippen molar-refractivity contribution in [1.82, 2.24) is 24.9 Å². The number of anilines is 2. The quantitative estimate of drug-likeness (QED) is 0.524. The minimum atomic E-state index is -0.404. The first-order chi connectivity index (χ1) is 12.6. The molecule has 0 atom stereocenters. The van der Waals surface area contributed by atoms with Gasteiger partial charge in [-0.3, -0.25) is 9.78 Å². The molecule has 0 spiro atoms. The van der Waals surface area contributed by atoms with E-state index in [-0.39, 0.29) is 11.5 Å². The molecule has 26 heavy (non-hydrogen) atoms. The van der Waals surface area contributed by atoms with Crippen LogP contribution in [-0.4, -0.2) is 30.8 Å². The number of carbonyl (C=O) groups is 1. The first-order valence-corrected chi connectivity index (χ1v) is 7.91. The van der Waals surface area contributed by atoms with Gasteiger partial charge in [0.1, 0.15) is 11.4 Å². The third-order valence-corrected chi connectivity index (χ3v) is 3.81. The molecule has 0 unspecified atom stereocenters. The van der Waals surface area contributed by atoms with Gasteiger partial charge in [-0.25, -0.2) is 15.0 Å². The Morgan fingerprint density at radius 1 is 1.19 bits per heavy atom. The second kappa shape index (κ2) is 6.25. The van der Waals surface area contributed by atoms with Crippen LogP contribution in [0.3, 0.4) is 0 Å². The van der Waals surface area contributed by atoms with Gasteiger partial charge in [-0.1, -0.05) is 6.07 Å². The number of H-pyrrole nitrogens is 1. The number of imidazole rings is 1. The zero-order valence-corrected chi connectivity index (χ0v) is 13.9. The normalized spacial score (nSPS) is 10.8. The van der Waals surface area contributed by atoms with Gasteiger partial charge in [0.2, 0.25) is 0 Å². The zero-order valence-electron chi connectivity index (χ0n) is 13.9. The Labute approximate surface area is 148 Å². The zero-order chi connectivity index (χ0) is 18.1. The van der Waals surface area contributed by atoms with Crippen molar-refractivity contribution in [2.45, 2.75) is 6.92 Å². The number of hydrogen-bond donors (Lipinski definition) is 3. The second-order valence-electron chi connectivity index (χ2n) is 5.79. The van der Waals surface area contributed by atoms with Crippen LogP contribution in [0.25, 0.3) is 22.6 Å². The van der Waals surface area contributed by atoms with Crippen molar-refractivity contribution >= 4 is 28.4 Å². The average Bonchev–Trinajstić information content (AvgIpc) is 3.05. The third kappa shape index (κ3) is 2.95. The fourth-order valence-electron chi connectivity index (χ4n) is 2.55. The van der Waals surface area contributed by atoms with Crippen molar-refractivity contribution in [3.05, 3.63) is 60.2 Å². The smallest absolute Gasteiger partial charge is 0.275 e. The summed E-state index contributed by atoms with van der Waals surface area (Å²) in [4.78, 5) is 32.5. The van der Waals surface area contributed by atoms with Crippen LogP contribution >= 0.6 is 0 Å². The summed E-state index contributed by atoms with van der Waals surface area (Å²) in [6.45, 7) is 2.00. The summed E-state index contributed by atoms with van der Waals surface area (Å²) in [6.07, 6.45) is 4.50. The minimum Gasteiger partial charge on any atom is -0.382 e. The Kier molecular flexibility index (Phi) is 3.77. The van der Waals surface area contributed by atoms with Gasteiger partial charge < -0.3 is 16.0 Å². The molecule has 1 amide bonds. The average molecular weight is 345 g/mol. The lowest BCUT2D eigenvalue weighted by Crippen LogP contribution is -2.15. The van der Waals surface area contributed by atoms with Crippen LogP contribution in [0.4, 0.5) is 11.5 Å². The summed E-state index contributed by atoms with van der Waals surface area (Å²) < 4.78 is 0. The number of nitrogens with two attached hydrogens (primary N) is 1. The third-order valence-electron chi connectivity index (χ3n) is 3.81. The number of carbonyl (C=O) groups excluding carboxylic acids is 1. The number of aryl methyl sites for hydroxylation is 1. The summed E-state index contributed by atoms with van der Waals surface area (Å²) in [5, 5.41) is 2.72. The maximum Gasteiger partial charge on any atom is 0.275 e. The van der Waals surface area contributed by atoms with Crippen molar-refractivity contribution in [3.63, 3.8) is 0 Å². The summed E-state index contributed by atoms with van der Waals surface area (Å²) >= 11 is 0. The standard InChI is InChI=1S/C18H15N7O/c1-10-4-5-12-13(7-10)25-17(24-12)15-16(19)21-9-14(23-15)18(26)22-11-3-2-6-20-8-11/h2-9H,1H3,(H2,19,21)(H,22,26)(H,24,25). The Morgan fingerprint density at radius 3 is 2.88 bits per heavy atom. The molecular weight excluding hydrogens is 330 g/mol. The Bertz CT molecular complexity index is 1110. The molecule has 8 nitrogen and oxygen atoms in total. The predicted octanol–water partition coefficient (Wildman–Crippen LogP) is 2.56. The van der Waals surface area contributed by atoms with Crippen LogP contribution in [-0.2, 0) is 0 Å². The molecule has 0 bridgehead atoms. The van der Waals surface area contributed by atoms with Gasteiger partial charge in [0.05, 0.1) is 29.1 Å². The SMILES string of the molecule is Cc1ccc2nc(-c3nc(C(=O)Nc4cccnc4)cnc3N)[nH]c2c1. The maximum absolute atomic E-state index is 12.4. The lowest BCUT2D eigenvalue weighted by Gasteiger charge is -2.06. The molecule has 128 valence electrons. The number of hydrogen-bond acceptors (Lipinski definition) is 6. The van der Waals surface area contributed by atoms with E-state index in [2.05, 4.69) is 30.2 Å². The van der Waals surface area contributed by atoms with Crippen LogP contribution in [0.1, 0.15) is 16.1 Å². The molecule has 8 heteroatoms. The van der Waals surface area contributed by atoms with E-state index in [1.54, 1.807) is 24.5 Å². The summed E-state index contributed by atoms with van der Waals surface area (Å²) in [5.74, 6) is 0.254. The minimum absolute atomic E-state index is 0.134. The topological polar surface area (TPSA) is 122 Å². The lowest BCUT2D eigenvalue weighted by atomic mass is 10.2. The molecule has 4 rings (SSSR count). The van der Waals surface area contributed by atoms with E-state index in [0.29, 0.717) is 17.2 Å². The van der Waals surface area contributed by atoms with Gasteiger partial charge in [0.25, 0.3) is 5.91 Å². The molecule has 0 aliphatic carbocycles. The molecule has 0 radical (unpaired) electrons. The lowest BCUT2D eigenvalue weighted by molar-refractivity contribution is 0.102. The molecule has 3 aromatic heterocycles. The van der Waals surface area contributed by atoms with Gasteiger partial charge >= 0.3 is 0 Å². The summed E-state index contributed by atoms with van der Waals surface area (Å²) in [7, 11) is 0. The first kappa shape index (κ1) is 15.7. The largest absolute Gasteiger partial charge is 0.382 e. The van der Waals surface area contributed by atoms with E-state index in [1.807, 2.05) is 25.1 Å². The van der Waals surface area contributed by atoms with E-state index in [1.165, 1.54) is 6.20 Å². The van der Waals surface area contributed by atoms with E-state index in [9.17, 15) is 4.79 Å². The number of nitrogens with zero attached hydrogens (tertiary/aromatic N) is 4. The molecule has 4 aromatic rings. The van der Waals surface area contributed by atoms with Crippen LogP contribution in [0.5, 0.6) is 0 Å². The number of nitrogen functional groups attached to an aromatic ring is 1. The Balaban J connectivity index is 1.70. The van der Waals surface area contributed by atoms with Crippen molar-refractivity contribution in [2.24, 2.45) is 0 Å². The highest BCUT2D eigenvalue weighted by Gasteiger charge is 2.16. The van der Waals surface area contributed by atoms with Crippen LogP contribution in [0.2, 0.25) is 0 Å². The number of aromatic amines is 1. The maximum atomic E-state index is 12.4. The van der Waals surface area contributed by atoms with E-state index < -0.39 is 5.91 Å². The molecule has 3 heterocycles. The number of nitrogens with one attached hydrogen (secondary N) is 2. The molecule has 0 saturated heterocycles. The Morgan fingerprint density at radius 2 is 2.08 bits per heavy atom. The van der Waals surface area contributed by atoms with Crippen LogP contribution < -0.4 is 11.1 Å². The molecular formula is C18H15N7O. The summed E-state index contributed by atoms with van der Waals surface area (Å²) in [6, 6.07) is 9.33. The monoisotopic (exact) mass is 345 g/mol. The number of fused-ring (bicyclic) bond motifs is 1. The fourth-order valence-corrected chi connectivity index (χ4v) is 2.55. The molecule has 0 fully saturated rings. The van der Waals surface area contributed by atoms with E-state index in [0.717, 1.165) is 16.6 Å². The number of aromatic nitrogens is 5. The highest BCUT2D eigenvalue weighted by molar-refractivity contribution is 6.03. The van der Waals surface area contributed by atoms with Crippen LogP contribution in [0.15, 0.2) is 48.9 Å². The highest BCUT2D eigenvalue weighted by Crippen LogP contribution is 2.23. The van der Waals surface area contributed by atoms with Crippen molar-refractivity contribution < 1.29 is 4.79 Å². The molecule has 1 aromatic carbocycles. The molecule has 4 N–H and O–H groups in total. The van der Waals surface area contributed by atoms with Crippen molar-refractivity contribution in [1.29, 1.82) is 0 Å².